The molecule has 0 aliphatic heterocycles. The van der Waals surface area contributed by atoms with Crippen LogP contribution in [-0.2, 0) is 11.3 Å². The van der Waals surface area contributed by atoms with E-state index in [-0.39, 0.29) is 12.6 Å². The number of amides is 1. The number of unbranched alkanes of at least 4 members (excludes halogenated alkanes) is 3. The molecule has 130 valence electrons. The van der Waals surface area contributed by atoms with Crippen LogP contribution < -0.4 is 5.32 Å². The van der Waals surface area contributed by atoms with Gasteiger partial charge in [0.25, 0.3) is 0 Å². The van der Waals surface area contributed by atoms with Crippen LogP contribution in [0.1, 0.15) is 64.4 Å². The highest BCUT2D eigenvalue weighted by molar-refractivity contribution is 5.67. The summed E-state index contributed by atoms with van der Waals surface area (Å²) in [5.41, 5.74) is 0.954. The average Bonchev–Trinajstić information content (AvgIpc) is 2.57. The summed E-state index contributed by atoms with van der Waals surface area (Å²) in [6.45, 7) is 4.46. The minimum absolute atomic E-state index is 0.232. The fourth-order valence-electron chi connectivity index (χ4n) is 2.57. The molecule has 0 bridgehead atoms. The molecule has 1 amide bonds. The van der Waals surface area contributed by atoms with Gasteiger partial charge < -0.3 is 15.2 Å². The fraction of sp³-hybridized carbons (Fsp3) is 0.632. The van der Waals surface area contributed by atoms with Crippen molar-refractivity contribution in [2.45, 2.75) is 77.5 Å². The monoisotopic (exact) mass is 321 g/mol. The van der Waals surface area contributed by atoms with E-state index >= 15 is 0 Å². The van der Waals surface area contributed by atoms with Crippen molar-refractivity contribution >= 4 is 6.09 Å². The summed E-state index contributed by atoms with van der Waals surface area (Å²) in [4.78, 5) is 11.9. The minimum Gasteiger partial charge on any atom is -0.445 e. The molecule has 0 unspecified atom stereocenters. The predicted octanol–water partition coefficient (Wildman–Crippen LogP) is 4.41. The van der Waals surface area contributed by atoms with Gasteiger partial charge in [-0.05, 0) is 18.4 Å². The van der Waals surface area contributed by atoms with Crippen molar-refractivity contribution in [3.8, 4) is 0 Å². The van der Waals surface area contributed by atoms with E-state index in [1.807, 2.05) is 37.3 Å². The second-order valence-corrected chi connectivity index (χ2v) is 6.02. The Bertz CT molecular complexity index is 422. The Morgan fingerprint density at radius 1 is 1.09 bits per heavy atom. The highest BCUT2D eigenvalue weighted by atomic mass is 16.5. The molecule has 0 saturated carbocycles. The van der Waals surface area contributed by atoms with Crippen molar-refractivity contribution in [3.05, 3.63) is 35.9 Å². The Morgan fingerprint density at radius 3 is 2.48 bits per heavy atom. The Morgan fingerprint density at radius 2 is 1.83 bits per heavy atom. The van der Waals surface area contributed by atoms with Gasteiger partial charge in [-0.2, -0.15) is 0 Å². The predicted molar refractivity (Wildman–Crippen MR) is 93.2 cm³/mol. The van der Waals surface area contributed by atoms with Crippen molar-refractivity contribution < 1.29 is 14.6 Å². The zero-order valence-electron chi connectivity index (χ0n) is 14.5. The molecule has 1 rings (SSSR count). The number of rotatable bonds is 11. The molecular formula is C19H31NO3. The van der Waals surface area contributed by atoms with Gasteiger partial charge in [-0.15, -0.1) is 0 Å². The number of aliphatic hydroxyl groups is 1. The third-order valence-corrected chi connectivity index (χ3v) is 3.93. The molecule has 0 aliphatic carbocycles. The Kier molecular flexibility index (Phi) is 10.1. The topological polar surface area (TPSA) is 58.6 Å². The van der Waals surface area contributed by atoms with Gasteiger partial charge in [0.1, 0.15) is 6.61 Å². The first kappa shape index (κ1) is 19.5. The molecule has 4 heteroatoms. The van der Waals surface area contributed by atoms with Crippen molar-refractivity contribution in [2.75, 3.05) is 0 Å². The van der Waals surface area contributed by atoms with Crippen LogP contribution in [-0.4, -0.2) is 23.3 Å². The number of ether oxygens (including phenoxy) is 1. The van der Waals surface area contributed by atoms with Crippen LogP contribution >= 0.6 is 0 Å². The smallest absolute Gasteiger partial charge is 0.407 e. The maximum atomic E-state index is 11.9. The summed E-state index contributed by atoms with van der Waals surface area (Å²) in [7, 11) is 0. The van der Waals surface area contributed by atoms with Gasteiger partial charge in [0.15, 0.2) is 0 Å². The van der Waals surface area contributed by atoms with Gasteiger partial charge >= 0.3 is 6.09 Å². The maximum Gasteiger partial charge on any atom is 0.407 e. The van der Waals surface area contributed by atoms with Crippen LogP contribution in [0, 0.1) is 0 Å². The molecule has 0 fully saturated rings. The van der Waals surface area contributed by atoms with E-state index in [1.54, 1.807) is 0 Å². The van der Waals surface area contributed by atoms with Crippen LogP contribution in [0.5, 0.6) is 0 Å². The number of carbonyl (C=O) groups excluding carboxylic acids is 1. The first-order chi connectivity index (χ1) is 11.2. The SMILES string of the molecule is CCCCCC[C@H](O)[C@H](CCC)NC(=O)OCc1ccccc1. The molecule has 0 radical (unpaired) electrons. The maximum absolute atomic E-state index is 11.9. The second kappa shape index (κ2) is 11.9. The lowest BCUT2D eigenvalue weighted by Crippen LogP contribution is -2.43. The lowest BCUT2D eigenvalue weighted by molar-refractivity contribution is 0.0917. The van der Waals surface area contributed by atoms with E-state index in [0.717, 1.165) is 37.7 Å². The summed E-state index contributed by atoms with van der Waals surface area (Å²) in [6.07, 6.45) is 5.93. The standard InChI is InChI=1S/C19H31NO3/c1-3-5-6-10-14-18(21)17(11-4-2)20-19(22)23-15-16-12-8-7-9-13-16/h7-9,12-13,17-18,21H,3-6,10-11,14-15H2,1-2H3,(H,20,22)/t17-,18-/m0/s1. The molecule has 0 aromatic heterocycles. The number of carbonyl (C=O) groups is 1. The first-order valence-electron chi connectivity index (χ1n) is 8.82. The number of benzene rings is 1. The third-order valence-electron chi connectivity index (χ3n) is 3.93. The van der Waals surface area contributed by atoms with Crippen LogP contribution in [0.4, 0.5) is 4.79 Å². The molecule has 0 heterocycles. The zero-order chi connectivity index (χ0) is 16.9. The number of alkyl carbamates (subject to hydrolysis) is 1. The molecule has 1 aromatic carbocycles. The Balaban J connectivity index is 2.36. The summed E-state index contributed by atoms with van der Waals surface area (Å²) in [6, 6.07) is 9.35. The highest BCUT2D eigenvalue weighted by Crippen LogP contribution is 2.12. The molecule has 1 aromatic rings. The lowest BCUT2D eigenvalue weighted by Gasteiger charge is -2.23. The van der Waals surface area contributed by atoms with Crippen LogP contribution in [0.3, 0.4) is 0 Å². The Hall–Kier alpha value is -1.55. The molecular weight excluding hydrogens is 290 g/mol. The van der Waals surface area contributed by atoms with E-state index in [4.69, 9.17) is 4.74 Å². The van der Waals surface area contributed by atoms with Gasteiger partial charge in [-0.3, -0.25) is 0 Å². The molecule has 0 saturated heterocycles. The quantitative estimate of drug-likeness (QED) is 0.593. The molecule has 0 spiro atoms. The van der Waals surface area contributed by atoms with Gasteiger partial charge in [-0.25, -0.2) is 4.79 Å². The minimum atomic E-state index is -0.504. The van der Waals surface area contributed by atoms with Crippen molar-refractivity contribution in [3.63, 3.8) is 0 Å². The molecule has 4 nitrogen and oxygen atoms in total. The van der Waals surface area contributed by atoms with Gasteiger partial charge in [-0.1, -0.05) is 76.3 Å². The number of hydrogen-bond donors (Lipinski definition) is 2. The van der Waals surface area contributed by atoms with E-state index in [1.165, 1.54) is 12.8 Å². The third kappa shape index (κ3) is 8.60. The van der Waals surface area contributed by atoms with Crippen LogP contribution in [0.2, 0.25) is 0 Å². The van der Waals surface area contributed by atoms with Crippen LogP contribution in [0.25, 0.3) is 0 Å². The first-order valence-corrected chi connectivity index (χ1v) is 8.82. The largest absolute Gasteiger partial charge is 0.445 e. The highest BCUT2D eigenvalue weighted by Gasteiger charge is 2.20. The lowest BCUT2D eigenvalue weighted by atomic mass is 10.00. The van der Waals surface area contributed by atoms with Crippen LogP contribution in [0.15, 0.2) is 30.3 Å². The fourth-order valence-corrected chi connectivity index (χ4v) is 2.57. The molecule has 2 atom stereocenters. The summed E-state index contributed by atoms with van der Waals surface area (Å²) in [5, 5.41) is 13.1. The zero-order valence-corrected chi connectivity index (χ0v) is 14.5. The number of aliphatic hydroxyl groups excluding tert-OH is 1. The number of nitrogens with one attached hydrogen (secondary N) is 1. The number of hydrogen-bond acceptors (Lipinski definition) is 3. The average molecular weight is 321 g/mol. The van der Waals surface area contributed by atoms with E-state index in [9.17, 15) is 9.90 Å². The normalized spacial score (nSPS) is 13.3. The Labute approximate surface area is 140 Å². The molecule has 0 aliphatic rings. The van der Waals surface area contributed by atoms with E-state index < -0.39 is 12.2 Å². The van der Waals surface area contributed by atoms with Gasteiger partial charge in [0.2, 0.25) is 0 Å². The molecule has 23 heavy (non-hydrogen) atoms. The van der Waals surface area contributed by atoms with E-state index in [0.29, 0.717) is 0 Å². The molecule has 2 N–H and O–H groups in total. The summed E-state index contributed by atoms with van der Waals surface area (Å²) in [5.74, 6) is 0. The van der Waals surface area contributed by atoms with Crippen molar-refractivity contribution in [1.29, 1.82) is 0 Å². The van der Waals surface area contributed by atoms with E-state index in [2.05, 4.69) is 12.2 Å². The summed E-state index contributed by atoms with van der Waals surface area (Å²) < 4.78 is 5.24. The second-order valence-electron chi connectivity index (χ2n) is 6.02. The van der Waals surface area contributed by atoms with Gasteiger partial charge in [0.05, 0.1) is 12.1 Å². The summed E-state index contributed by atoms with van der Waals surface area (Å²) >= 11 is 0. The van der Waals surface area contributed by atoms with Gasteiger partial charge in [0, 0.05) is 0 Å². The van der Waals surface area contributed by atoms with Crippen molar-refractivity contribution in [2.24, 2.45) is 0 Å². The van der Waals surface area contributed by atoms with Crippen molar-refractivity contribution in [1.82, 2.24) is 5.32 Å².